The molecule has 0 radical (unpaired) electrons. The second kappa shape index (κ2) is 4.85. The highest BCUT2D eigenvalue weighted by molar-refractivity contribution is 5.87. The summed E-state index contributed by atoms with van der Waals surface area (Å²) in [5.41, 5.74) is 2.80. The summed E-state index contributed by atoms with van der Waals surface area (Å²) in [5.74, 6) is -0.848. The van der Waals surface area contributed by atoms with E-state index in [2.05, 4.69) is 23.9 Å². The first-order valence-corrected chi connectivity index (χ1v) is 5.78. The van der Waals surface area contributed by atoms with Crippen LogP contribution < -0.4 is 0 Å². The van der Waals surface area contributed by atoms with Gasteiger partial charge in [0, 0.05) is 26.2 Å². The zero-order valence-electron chi connectivity index (χ0n) is 10.3. The Morgan fingerprint density at radius 1 is 1.35 bits per heavy atom. The molecule has 1 aliphatic heterocycles. The molecule has 1 N–H and O–H groups in total. The lowest BCUT2D eigenvalue weighted by Crippen LogP contribution is -2.27. The van der Waals surface area contributed by atoms with Gasteiger partial charge in [0.2, 0.25) is 0 Å². The van der Waals surface area contributed by atoms with E-state index in [1.54, 1.807) is 12.1 Å². The van der Waals surface area contributed by atoms with E-state index in [9.17, 15) is 4.79 Å². The van der Waals surface area contributed by atoms with Crippen molar-refractivity contribution in [1.82, 2.24) is 9.80 Å². The monoisotopic (exact) mass is 234 g/mol. The van der Waals surface area contributed by atoms with E-state index < -0.39 is 5.97 Å². The number of fused-ring (bicyclic) bond motifs is 1. The number of carboxylic acid groups (broad SMARTS) is 1. The molecular weight excluding hydrogens is 216 g/mol. The van der Waals surface area contributed by atoms with Crippen molar-refractivity contribution in [2.24, 2.45) is 0 Å². The SMILES string of the molecule is CN(C)CCN1Cc2ccc(C(=O)O)cc2C1. The third-order valence-electron chi connectivity index (χ3n) is 3.10. The zero-order valence-corrected chi connectivity index (χ0v) is 10.3. The Labute approximate surface area is 101 Å². The van der Waals surface area contributed by atoms with Crippen molar-refractivity contribution in [2.45, 2.75) is 13.1 Å². The Bertz CT molecular complexity index is 429. The predicted octanol–water partition coefficient (Wildman–Crippen LogP) is 1.26. The molecule has 0 saturated carbocycles. The van der Waals surface area contributed by atoms with Crippen LogP contribution in [0.5, 0.6) is 0 Å². The summed E-state index contributed by atoms with van der Waals surface area (Å²) < 4.78 is 0. The maximum absolute atomic E-state index is 10.9. The number of aromatic carboxylic acids is 1. The lowest BCUT2D eigenvalue weighted by molar-refractivity contribution is 0.0696. The molecule has 1 heterocycles. The van der Waals surface area contributed by atoms with Crippen molar-refractivity contribution < 1.29 is 9.90 Å². The summed E-state index contributed by atoms with van der Waals surface area (Å²) in [4.78, 5) is 15.4. The summed E-state index contributed by atoms with van der Waals surface area (Å²) >= 11 is 0. The minimum absolute atomic E-state index is 0.387. The largest absolute Gasteiger partial charge is 0.478 e. The van der Waals surface area contributed by atoms with E-state index >= 15 is 0 Å². The van der Waals surface area contributed by atoms with Crippen molar-refractivity contribution in [1.29, 1.82) is 0 Å². The molecule has 0 fully saturated rings. The van der Waals surface area contributed by atoms with Gasteiger partial charge in [0.15, 0.2) is 0 Å². The minimum atomic E-state index is -0.848. The Kier molecular flexibility index (Phi) is 3.45. The van der Waals surface area contributed by atoms with Crippen LogP contribution in [0.1, 0.15) is 21.5 Å². The third-order valence-corrected chi connectivity index (χ3v) is 3.10. The van der Waals surface area contributed by atoms with Crippen molar-refractivity contribution in [2.75, 3.05) is 27.2 Å². The smallest absolute Gasteiger partial charge is 0.335 e. The van der Waals surface area contributed by atoms with Crippen LogP contribution in [-0.4, -0.2) is 48.1 Å². The number of carbonyl (C=O) groups is 1. The first-order valence-electron chi connectivity index (χ1n) is 5.78. The Morgan fingerprint density at radius 3 is 2.71 bits per heavy atom. The normalized spacial score (nSPS) is 15.2. The molecule has 0 aromatic heterocycles. The standard InChI is InChI=1S/C13H18N2O2/c1-14(2)5-6-15-8-11-4-3-10(13(16)17)7-12(11)9-15/h3-4,7H,5-6,8-9H2,1-2H3,(H,16,17). The van der Waals surface area contributed by atoms with E-state index in [0.717, 1.165) is 31.7 Å². The maximum atomic E-state index is 10.9. The molecule has 0 aliphatic carbocycles. The molecule has 0 amide bonds. The molecule has 4 nitrogen and oxygen atoms in total. The highest BCUT2D eigenvalue weighted by Gasteiger charge is 2.19. The molecule has 0 spiro atoms. The van der Waals surface area contributed by atoms with Crippen molar-refractivity contribution in [3.63, 3.8) is 0 Å². The van der Waals surface area contributed by atoms with Crippen LogP contribution in [0.2, 0.25) is 0 Å². The average Bonchev–Trinajstić information content (AvgIpc) is 2.67. The van der Waals surface area contributed by atoms with E-state index in [1.807, 2.05) is 6.07 Å². The highest BCUT2D eigenvalue weighted by atomic mass is 16.4. The number of rotatable bonds is 4. The van der Waals surface area contributed by atoms with Gasteiger partial charge >= 0.3 is 5.97 Å². The summed E-state index contributed by atoms with van der Waals surface area (Å²) in [5, 5.41) is 8.94. The van der Waals surface area contributed by atoms with Crippen LogP contribution in [0.4, 0.5) is 0 Å². The number of carboxylic acids is 1. The zero-order chi connectivity index (χ0) is 12.4. The van der Waals surface area contributed by atoms with Crippen molar-refractivity contribution in [3.8, 4) is 0 Å². The molecule has 0 atom stereocenters. The van der Waals surface area contributed by atoms with E-state index in [4.69, 9.17) is 5.11 Å². The second-order valence-corrected chi connectivity index (χ2v) is 4.80. The quantitative estimate of drug-likeness (QED) is 0.852. The fourth-order valence-electron chi connectivity index (χ4n) is 2.10. The second-order valence-electron chi connectivity index (χ2n) is 4.80. The van der Waals surface area contributed by atoms with Gasteiger partial charge < -0.3 is 10.0 Å². The summed E-state index contributed by atoms with van der Waals surface area (Å²) in [6.45, 7) is 3.84. The Hall–Kier alpha value is -1.39. The third kappa shape index (κ3) is 2.84. The molecule has 92 valence electrons. The molecule has 17 heavy (non-hydrogen) atoms. The van der Waals surface area contributed by atoms with Crippen molar-refractivity contribution >= 4 is 5.97 Å². The molecular formula is C13H18N2O2. The first-order chi connectivity index (χ1) is 8.06. The van der Waals surface area contributed by atoms with Gasteiger partial charge in [0.25, 0.3) is 0 Å². The number of nitrogens with zero attached hydrogens (tertiary/aromatic N) is 2. The van der Waals surface area contributed by atoms with Gasteiger partial charge in [-0.3, -0.25) is 4.90 Å². The van der Waals surface area contributed by atoms with Gasteiger partial charge in [0.1, 0.15) is 0 Å². The van der Waals surface area contributed by atoms with Gasteiger partial charge in [0.05, 0.1) is 5.56 Å². The average molecular weight is 234 g/mol. The Balaban J connectivity index is 2.04. The Morgan fingerprint density at radius 2 is 2.06 bits per heavy atom. The van der Waals surface area contributed by atoms with E-state index in [1.165, 1.54) is 5.56 Å². The lowest BCUT2D eigenvalue weighted by Gasteiger charge is -2.17. The van der Waals surface area contributed by atoms with Crippen molar-refractivity contribution in [3.05, 3.63) is 34.9 Å². The van der Waals surface area contributed by atoms with Crippen LogP contribution >= 0.6 is 0 Å². The van der Waals surface area contributed by atoms with E-state index in [-0.39, 0.29) is 0 Å². The number of hydrogen-bond donors (Lipinski definition) is 1. The summed E-state index contributed by atoms with van der Waals surface area (Å²) in [6.07, 6.45) is 0. The topological polar surface area (TPSA) is 43.8 Å². The van der Waals surface area contributed by atoms with Gasteiger partial charge in [-0.1, -0.05) is 6.07 Å². The van der Waals surface area contributed by atoms with Gasteiger partial charge in [-0.2, -0.15) is 0 Å². The number of benzene rings is 1. The summed E-state index contributed by atoms with van der Waals surface area (Å²) in [7, 11) is 4.12. The molecule has 2 rings (SSSR count). The van der Waals surface area contributed by atoms with Crippen LogP contribution in [0.15, 0.2) is 18.2 Å². The van der Waals surface area contributed by atoms with Crippen LogP contribution in [0.3, 0.4) is 0 Å². The highest BCUT2D eigenvalue weighted by Crippen LogP contribution is 2.23. The maximum Gasteiger partial charge on any atom is 0.335 e. The fraction of sp³-hybridized carbons (Fsp3) is 0.462. The molecule has 0 unspecified atom stereocenters. The molecule has 4 heteroatoms. The molecule has 0 saturated heterocycles. The molecule has 0 bridgehead atoms. The first kappa shape index (κ1) is 12.1. The summed E-state index contributed by atoms with van der Waals surface area (Å²) in [6, 6.07) is 5.43. The van der Waals surface area contributed by atoms with Gasteiger partial charge in [-0.25, -0.2) is 4.79 Å². The lowest BCUT2D eigenvalue weighted by atomic mass is 10.1. The minimum Gasteiger partial charge on any atom is -0.478 e. The van der Waals surface area contributed by atoms with E-state index in [0.29, 0.717) is 5.56 Å². The predicted molar refractivity (Wildman–Crippen MR) is 66.1 cm³/mol. The molecule has 1 aliphatic rings. The van der Waals surface area contributed by atoms with Gasteiger partial charge in [-0.15, -0.1) is 0 Å². The van der Waals surface area contributed by atoms with Gasteiger partial charge in [-0.05, 0) is 37.4 Å². The van der Waals surface area contributed by atoms with Crippen LogP contribution in [-0.2, 0) is 13.1 Å². The number of hydrogen-bond acceptors (Lipinski definition) is 3. The van der Waals surface area contributed by atoms with Crippen LogP contribution in [0.25, 0.3) is 0 Å². The van der Waals surface area contributed by atoms with Crippen LogP contribution in [0, 0.1) is 0 Å². The molecule has 1 aromatic rings. The molecule has 1 aromatic carbocycles. The fourth-order valence-corrected chi connectivity index (χ4v) is 2.10. The number of likely N-dealkylation sites (N-methyl/N-ethyl adjacent to an activating group) is 1.